The van der Waals surface area contributed by atoms with E-state index in [0.717, 1.165) is 11.1 Å². The van der Waals surface area contributed by atoms with Crippen molar-refractivity contribution in [3.05, 3.63) is 123 Å². The number of fused-ring (bicyclic) bond motifs is 1. The Kier molecular flexibility index (Phi) is 8.88. The van der Waals surface area contributed by atoms with Gasteiger partial charge in [-0.05, 0) is 23.3 Å². The van der Waals surface area contributed by atoms with E-state index in [9.17, 15) is 24.5 Å². The van der Waals surface area contributed by atoms with Crippen LogP contribution in [0.15, 0.2) is 96.2 Å². The molecule has 0 saturated carbocycles. The van der Waals surface area contributed by atoms with E-state index in [4.69, 9.17) is 15.2 Å². The van der Waals surface area contributed by atoms with E-state index in [-0.39, 0.29) is 36.0 Å². The van der Waals surface area contributed by atoms with Gasteiger partial charge >= 0.3 is 11.9 Å². The molecule has 12 heteroatoms. The molecule has 40 heavy (non-hydrogen) atoms. The van der Waals surface area contributed by atoms with Crippen LogP contribution in [-0.4, -0.2) is 51.4 Å². The number of non-ortho nitro benzene ring substituents is 1. The van der Waals surface area contributed by atoms with Gasteiger partial charge in [0.25, 0.3) is 5.69 Å². The molecule has 1 saturated heterocycles. The maximum absolute atomic E-state index is 13.7. The lowest BCUT2D eigenvalue weighted by atomic mass is 10.0. The summed E-state index contributed by atoms with van der Waals surface area (Å²) in [5.74, 6) is -1.59. The lowest BCUT2D eigenvalue weighted by Gasteiger charge is -2.48. The van der Waals surface area contributed by atoms with Crippen molar-refractivity contribution in [1.82, 2.24) is 4.90 Å². The Hall–Kier alpha value is -4.19. The van der Waals surface area contributed by atoms with Crippen LogP contribution in [0.5, 0.6) is 0 Å². The Balaban J connectivity index is 0.00000370. The molecule has 2 heterocycles. The van der Waals surface area contributed by atoms with Gasteiger partial charge in [-0.1, -0.05) is 60.7 Å². The fraction of sp³-hybridized carbons (Fsp3) is 0.179. The fourth-order valence-corrected chi connectivity index (χ4v) is 5.66. The second-order valence-corrected chi connectivity index (χ2v) is 9.98. The van der Waals surface area contributed by atoms with E-state index in [1.807, 2.05) is 60.7 Å². The minimum Gasteiger partial charge on any atom is -0.457 e. The summed E-state index contributed by atoms with van der Waals surface area (Å²) < 4.78 is 11.4. The number of nitro groups is 1. The predicted molar refractivity (Wildman–Crippen MR) is 150 cm³/mol. The van der Waals surface area contributed by atoms with Gasteiger partial charge in [-0.2, -0.15) is 0 Å². The SMILES string of the molecule is Cl.NC1C(=O)N2C(C(=O)OC(c3ccccc3)c3ccccc3)=C(COC(=O)c3ccc([N+](=O)[O-])cc3)CS[C@H]12. The number of thioether (sulfide) groups is 1. The van der Waals surface area contributed by atoms with Gasteiger partial charge in [-0.25, -0.2) is 9.59 Å². The zero-order valence-electron chi connectivity index (χ0n) is 20.9. The van der Waals surface area contributed by atoms with Crippen LogP contribution < -0.4 is 5.73 Å². The Bertz CT molecular complexity index is 1410. The largest absolute Gasteiger partial charge is 0.457 e. The summed E-state index contributed by atoms with van der Waals surface area (Å²) in [7, 11) is 0. The summed E-state index contributed by atoms with van der Waals surface area (Å²) in [6, 6.07) is 22.7. The first-order chi connectivity index (χ1) is 18.8. The highest BCUT2D eigenvalue weighted by Gasteiger charge is 2.52. The van der Waals surface area contributed by atoms with E-state index in [2.05, 4.69) is 0 Å². The molecule has 206 valence electrons. The van der Waals surface area contributed by atoms with Crippen molar-refractivity contribution in [1.29, 1.82) is 0 Å². The molecule has 2 atom stereocenters. The van der Waals surface area contributed by atoms with Crippen molar-refractivity contribution < 1.29 is 28.8 Å². The zero-order chi connectivity index (χ0) is 27.5. The average molecular weight is 582 g/mol. The Morgan fingerprint density at radius 1 is 0.975 bits per heavy atom. The first-order valence-corrected chi connectivity index (χ1v) is 13.0. The molecule has 0 radical (unpaired) electrons. The number of ether oxygens (including phenoxy) is 2. The monoisotopic (exact) mass is 581 g/mol. The molecule has 3 aromatic carbocycles. The fourth-order valence-electron chi connectivity index (χ4n) is 4.38. The van der Waals surface area contributed by atoms with Crippen molar-refractivity contribution in [2.24, 2.45) is 5.73 Å². The smallest absolute Gasteiger partial charge is 0.356 e. The van der Waals surface area contributed by atoms with Crippen molar-refractivity contribution in [3.8, 4) is 0 Å². The maximum atomic E-state index is 13.7. The number of nitrogens with zero attached hydrogens (tertiary/aromatic N) is 2. The van der Waals surface area contributed by atoms with E-state index < -0.39 is 40.3 Å². The van der Waals surface area contributed by atoms with Gasteiger partial charge in [0.05, 0.1) is 10.5 Å². The van der Waals surface area contributed by atoms with Crippen molar-refractivity contribution in [2.45, 2.75) is 17.5 Å². The molecule has 10 nitrogen and oxygen atoms in total. The summed E-state index contributed by atoms with van der Waals surface area (Å²) in [4.78, 5) is 50.7. The highest BCUT2D eigenvalue weighted by atomic mass is 35.5. The molecule has 3 aromatic rings. The van der Waals surface area contributed by atoms with Crippen LogP contribution in [0.4, 0.5) is 5.69 Å². The summed E-state index contributed by atoms with van der Waals surface area (Å²) in [6.45, 7) is -0.277. The van der Waals surface area contributed by atoms with Gasteiger partial charge in [0, 0.05) is 23.5 Å². The predicted octanol–water partition coefficient (Wildman–Crippen LogP) is 4.00. The number of β-lactam (4-membered cyclic amide) rings is 1. The summed E-state index contributed by atoms with van der Waals surface area (Å²) in [5.41, 5.74) is 7.84. The number of esters is 2. The normalized spacial score (nSPS) is 17.9. The molecule has 5 rings (SSSR count). The molecular formula is C28H24ClN3O7S. The molecule has 2 aliphatic rings. The number of rotatable bonds is 8. The highest BCUT2D eigenvalue weighted by Crippen LogP contribution is 2.41. The highest BCUT2D eigenvalue weighted by molar-refractivity contribution is 8.00. The number of carbonyl (C=O) groups excluding carboxylic acids is 3. The number of hydrogen-bond acceptors (Lipinski definition) is 9. The first-order valence-electron chi connectivity index (χ1n) is 12.0. The zero-order valence-corrected chi connectivity index (χ0v) is 22.5. The third-order valence-electron chi connectivity index (χ3n) is 6.40. The molecular weight excluding hydrogens is 558 g/mol. The molecule has 0 aromatic heterocycles. The lowest BCUT2D eigenvalue weighted by molar-refractivity contribution is -0.384. The Morgan fingerprint density at radius 2 is 1.55 bits per heavy atom. The molecule has 1 unspecified atom stereocenters. The van der Waals surface area contributed by atoms with Crippen molar-refractivity contribution >= 4 is 47.7 Å². The molecule has 0 bridgehead atoms. The minimum absolute atomic E-state index is 0. The van der Waals surface area contributed by atoms with Gasteiger partial charge in [0.1, 0.15) is 23.7 Å². The quantitative estimate of drug-likeness (QED) is 0.181. The Morgan fingerprint density at radius 3 is 2.10 bits per heavy atom. The van der Waals surface area contributed by atoms with Gasteiger partial charge in [-0.3, -0.25) is 19.8 Å². The molecule has 1 fully saturated rings. The number of nitrogens with two attached hydrogens (primary N) is 1. The van der Waals surface area contributed by atoms with Crippen LogP contribution in [0.3, 0.4) is 0 Å². The number of carbonyl (C=O) groups is 3. The molecule has 0 aliphatic carbocycles. The van der Waals surface area contributed by atoms with Crippen LogP contribution in [0.25, 0.3) is 0 Å². The van der Waals surface area contributed by atoms with E-state index in [1.54, 1.807) is 0 Å². The second kappa shape index (κ2) is 12.3. The van der Waals surface area contributed by atoms with Crippen molar-refractivity contribution in [2.75, 3.05) is 12.4 Å². The second-order valence-electron chi connectivity index (χ2n) is 8.87. The van der Waals surface area contributed by atoms with Crippen molar-refractivity contribution in [3.63, 3.8) is 0 Å². The van der Waals surface area contributed by atoms with Gasteiger partial charge in [0.15, 0.2) is 6.10 Å². The number of nitro benzene ring substituents is 1. The maximum Gasteiger partial charge on any atom is 0.356 e. The summed E-state index contributed by atoms with van der Waals surface area (Å²) in [5, 5.41) is 10.5. The molecule has 1 amide bonds. The van der Waals surface area contributed by atoms with E-state index in [0.29, 0.717) is 11.3 Å². The topological polar surface area (TPSA) is 142 Å². The number of halogens is 1. The van der Waals surface area contributed by atoms with Gasteiger partial charge < -0.3 is 15.2 Å². The van der Waals surface area contributed by atoms with Crippen LogP contribution in [0.1, 0.15) is 27.6 Å². The third-order valence-corrected chi connectivity index (χ3v) is 7.76. The van der Waals surface area contributed by atoms with Gasteiger partial charge in [-0.15, -0.1) is 24.2 Å². The average Bonchev–Trinajstić information content (AvgIpc) is 2.98. The molecule has 2 aliphatic heterocycles. The lowest BCUT2D eigenvalue weighted by Crippen LogP contribution is -2.68. The van der Waals surface area contributed by atoms with Gasteiger partial charge in [0.2, 0.25) is 5.91 Å². The van der Waals surface area contributed by atoms with Crippen LogP contribution in [0.2, 0.25) is 0 Å². The minimum atomic E-state index is -0.749. The standard InChI is InChI=1S/C28H23N3O7S.ClH/c29-22-25(32)30-23(28(34)38-24(17-7-3-1-4-8-17)18-9-5-2-6-10-18)20(16-39-26(22)30)15-37-27(33)19-11-13-21(14-12-19)31(35)36;/h1-14,22,24,26H,15-16,29H2;1H/t22?,26-;/m1./s1. The third kappa shape index (κ3) is 5.71. The summed E-state index contributed by atoms with van der Waals surface area (Å²) >= 11 is 1.37. The van der Waals surface area contributed by atoms with E-state index in [1.165, 1.54) is 40.9 Å². The number of hydrogen-bond donors (Lipinski definition) is 1. The summed E-state index contributed by atoms with van der Waals surface area (Å²) in [6.07, 6.45) is -0.741. The van der Waals surface area contributed by atoms with Crippen LogP contribution in [0, 0.1) is 10.1 Å². The number of amides is 1. The van der Waals surface area contributed by atoms with E-state index >= 15 is 0 Å². The Labute approximate surface area is 239 Å². The first kappa shape index (κ1) is 28.8. The molecule has 2 N–H and O–H groups in total. The van der Waals surface area contributed by atoms with Crippen LogP contribution >= 0.6 is 24.2 Å². The van der Waals surface area contributed by atoms with Crippen LogP contribution in [-0.2, 0) is 19.1 Å². The number of benzene rings is 3. The molecule has 0 spiro atoms.